The van der Waals surface area contributed by atoms with Gasteiger partial charge in [0.1, 0.15) is 0 Å². The first kappa shape index (κ1) is 9.20. The first-order chi connectivity index (χ1) is 6.45. The Labute approximate surface area is 80.8 Å². The van der Waals surface area contributed by atoms with Gasteiger partial charge in [-0.1, -0.05) is 19.3 Å². The van der Waals surface area contributed by atoms with E-state index in [1.807, 2.05) is 0 Å². The van der Waals surface area contributed by atoms with Crippen molar-refractivity contribution in [2.24, 2.45) is 4.99 Å². The second kappa shape index (κ2) is 4.75. The van der Waals surface area contributed by atoms with Gasteiger partial charge in [-0.25, -0.2) is 0 Å². The van der Waals surface area contributed by atoms with Gasteiger partial charge in [0, 0.05) is 18.3 Å². The first-order valence-electron chi connectivity index (χ1n) is 5.71. The largest absolute Gasteiger partial charge is 0.311 e. The van der Waals surface area contributed by atoms with Crippen LogP contribution in [-0.4, -0.2) is 24.8 Å². The molecule has 1 saturated carbocycles. The smallest absolute Gasteiger partial charge is 0.0499 e. The molecule has 0 atom stereocenters. The van der Waals surface area contributed by atoms with Crippen LogP contribution < -0.4 is 5.32 Å². The summed E-state index contributed by atoms with van der Waals surface area (Å²) in [5.74, 6) is 0. The highest BCUT2D eigenvalue weighted by atomic mass is 14.9. The SMILES string of the molecule is C1CCC(N=C2CCCNC2)CC1. The summed E-state index contributed by atoms with van der Waals surface area (Å²) in [5, 5.41) is 3.39. The summed E-state index contributed by atoms with van der Waals surface area (Å²) in [4.78, 5) is 4.85. The van der Waals surface area contributed by atoms with Crippen molar-refractivity contribution in [2.75, 3.05) is 13.1 Å². The fraction of sp³-hybridized carbons (Fsp3) is 0.909. The van der Waals surface area contributed by atoms with Crippen molar-refractivity contribution in [3.63, 3.8) is 0 Å². The summed E-state index contributed by atoms with van der Waals surface area (Å²) in [6, 6.07) is 0.670. The second-order valence-electron chi connectivity index (χ2n) is 4.27. The van der Waals surface area contributed by atoms with Crippen LogP contribution in [0.4, 0.5) is 0 Å². The van der Waals surface area contributed by atoms with Gasteiger partial charge in [-0.15, -0.1) is 0 Å². The lowest BCUT2D eigenvalue weighted by Gasteiger charge is -2.21. The molecule has 2 fully saturated rings. The Bertz CT molecular complexity index is 173. The van der Waals surface area contributed by atoms with Crippen molar-refractivity contribution >= 4 is 5.71 Å². The van der Waals surface area contributed by atoms with Crippen LogP contribution in [0.3, 0.4) is 0 Å². The molecule has 2 heteroatoms. The molecule has 0 aromatic rings. The topological polar surface area (TPSA) is 24.4 Å². The van der Waals surface area contributed by atoms with E-state index in [9.17, 15) is 0 Å². The number of rotatable bonds is 1. The quantitative estimate of drug-likeness (QED) is 0.657. The van der Waals surface area contributed by atoms with Crippen molar-refractivity contribution in [1.29, 1.82) is 0 Å². The molecule has 0 radical (unpaired) electrons. The van der Waals surface area contributed by atoms with E-state index in [0.717, 1.165) is 6.54 Å². The van der Waals surface area contributed by atoms with Crippen LogP contribution in [0.25, 0.3) is 0 Å². The van der Waals surface area contributed by atoms with Gasteiger partial charge in [-0.05, 0) is 32.2 Å². The zero-order chi connectivity index (χ0) is 8.93. The van der Waals surface area contributed by atoms with Gasteiger partial charge in [0.15, 0.2) is 0 Å². The lowest BCUT2D eigenvalue weighted by Crippen LogP contribution is -2.31. The number of aliphatic imine (C=N–C) groups is 1. The normalized spacial score (nSPS) is 29.4. The predicted molar refractivity (Wildman–Crippen MR) is 56.4 cm³/mol. The van der Waals surface area contributed by atoms with Crippen LogP contribution in [0.2, 0.25) is 0 Å². The Kier molecular flexibility index (Phi) is 3.36. The molecule has 1 aliphatic carbocycles. The van der Waals surface area contributed by atoms with E-state index < -0.39 is 0 Å². The van der Waals surface area contributed by atoms with Gasteiger partial charge in [-0.2, -0.15) is 0 Å². The van der Waals surface area contributed by atoms with Crippen LogP contribution >= 0.6 is 0 Å². The maximum absolute atomic E-state index is 4.85. The number of hydrogen-bond acceptors (Lipinski definition) is 2. The maximum Gasteiger partial charge on any atom is 0.0499 e. The average molecular weight is 180 g/mol. The van der Waals surface area contributed by atoms with Gasteiger partial charge >= 0.3 is 0 Å². The van der Waals surface area contributed by atoms with Crippen molar-refractivity contribution in [3.8, 4) is 0 Å². The molecule has 74 valence electrons. The second-order valence-corrected chi connectivity index (χ2v) is 4.27. The van der Waals surface area contributed by atoms with Crippen LogP contribution in [0.5, 0.6) is 0 Å². The number of nitrogens with zero attached hydrogens (tertiary/aromatic N) is 1. The Morgan fingerprint density at radius 1 is 1.08 bits per heavy atom. The van der Waals surface area contributed by atoms with Gasteiger partial charge < -0.3 is 5.32 Å². The van der Waals surface area contributed by atoms with Crippen LogP contribution in [0.1, 0.15) is 44.9 Å². The third-order valence-corrected chi connectivity index (χ3v) is 3.09. The summed E-state index contributed by atoms with van der Waals surface area (Å²) in [6.07, 6.45) is 9.42. The lowest BCUT2D eigenvalue weighted by molar-refractivity contribution is 0.441. The van der Waals surface area contributed by atoms with Gasteiger partial charge in [0.05, 0.1) is 0 Å². The van der Waals surface area contributed by atoms with E-state index in [-0.39, 0.29) is 0 Å². The zero-order valence-electron chi connectivity index (χ0n) is 8.39. The summed E-state index contributed by atoms with van der Waals surface area (Å²) in [5.41, 5.74) is 1.43. The minimum atomic E-state index is 0.670. The van der Waals surface area contributed by atoms with Gasteiger partial charge in [0.2, 0.25) is 0 Å². The molecule has 1 N–H and O–H groups in total. The molecule has 1 saturated heterocycles. The van der Waals surface area contributed by atoms with E-state index >= 15 is 0 Å². The van der Waals surface area contributed by atoms with E-state index in [1.165, 1.54) is 57.2 Å². The van der Waals surface area contributed by atoms with E-state index in [0.29, 0.717) is 6.04 Å². The average Bonchev–Trinajstić information content (AvgIpc) is 2.21. The molecular formula is C11H20N2. The standard InChI is InChI=1S/C11H20N2/c1-2-5-10(6-3-1)13-11-7-4-8-12-9-11/h10,12H,1-9H2. The van der Waals surface area contributed by atoms with E-state index in [4.69, 9.17) is 4.99 Å². The minimum Gasteiger partial charge on any atom is -0.311 e. The van der Waals surface area contributed by atoms with Crippen molar-refractivity contribution in [3.05, 3.63) is 0 Å². The highest BCUT2D eigenvalue weighted by Crippen LogP contribution is 2.20. The minimum absolute atomic E-state index is 0.670. The lowest BCUT2D eigenvalue weighted by atomic mass is 9.95. The third-order valence-electron chi connectivity index (χ3n) is 3.09. The van der Waals surface area contributed by atoms with Crippen LogP contribution in [0, 0.1) is 0 Å². The molecule has 0 amide bonds. The van der Waals surface area contributed by atoms with Gasteiger partial charge in [-0.3, -0.25) is 4.99 Å². The van der Waals surface area contributed by atoms with Gasteiger partial charge in [0.25, 0.3) is 0 Å². The molecule has 0 bridgehead atoms. The molecule has 2 rings (SSSR count). The Morgan fingerprint density at radius 3 is 2.62 bits per heavy atom. The van der Waals surface area contributed by atoms with Crippen LogP contribution in [0.15, 0.2) is 4.99 Å². The van der Waals surface area contributed by atoms with Crippen molar-refractivity contribution < 1.29 is 0 Å². The maximum atomic E-state index is 4.85. The number of hydrogen-bond donors (Lipinski definition) is 1. The van der Waals surface area contributed by atoms with Crippen molar-refractivity contribution in [1.82, 2.24) is 5.32 Å². The molecule has 2 nitrogen and oxygen atoms in total. The van der Waals surface area contributed by atoms with E-state index in [1.54, 1.807) is 0 Å². The molecule has 0 aromatic heterocycles. The Morgan fingerprint density at radius 2 is 1.92 bits per heavy atom. The predicted octanol–water partition coefficient (Wildman–Crippen LogP) is 2.14. The molecule has 0 unspecified atom stereocenters. The molecule has 0 spiro atoms. The number of nitrogens with one attached hydrogen (secondary N) is 1. The highest BCUT2D eigenvalue weighted by Gasteiger charge is 2.13. The monoisotopic (exact) mass is 180 g/mol. The molecule has 2 aliphatic rings. The van der Waals surface area contributed by atoms with E-state index in [2.05, 4.69) is 5.32 Å². The fourth-order valence-electron chi connectivity index (χ4n) is 2.32. The molecule has 1 heterocycles. The van der Waals surface area contributed by atoms with Crippen molar-refractivity contribution in [2.45, 2.75) is 51.0 Å². The zero-order valence-corrected chi connectivity index (χ0v) is 8.39. The summed E-state index contributed by atoms with van der Waals surface area (Å²) in [6.45, 7) is 2.24. The molecule has 13 heavy (non-hydrogen) atoms. The summed E-state index contributed by atoms with van der Waals surface area (Å²) >= 11 is 0. The Balaban J connectivity index is 1.85. The first-order valence-corrected chi connectivity index (χ1v) is 5.71. The third kappa shape index (κ3) is 2.80. The molecule has 0 aromatic carbocycles. The number of piperidine rings is 1. The summed E-state index contributed by atoms with van der Waals surface area (Å²) in [7, 11) is 0. The summed E-state index contributed by atoms with van der Waals surface area (Å²) < 4.78 is 0. The molecular weight excluding hydrogens is 160 g/mol. The van der Waals surface area contributed by atoms with Crippen LogP contribution in [-0.2, 0) is 0 Å². The fourth-order valence-corrected chi connectivity index (χ4v) is 2.32. The Hall–Kier alpha value is -0.370. The highest BCUT2D eigenvalue weighted by molar-refractivity contribution is 5.87. The molecule has 1 aliphatic heterocycles.